The summed E-state index contributed by atoms with van der Waals surface area (Å²) in [5, 5.41) is 10.7. The molecule has 0 aromatic heterocycles. The fraction of sp³-hybridized carbons (Fsp3) is 0.667. The molecule has 1 atom stereocenters. The molecule has 0 heterocycles. The molecule has 0 spiro atoms. The van der Waals surface area contributed by atoms with Crippen LogP contribution in [0.3, 0.4) is 0 Å². The van der Waals surface area contributed by atoms with Crippen LogP contribution in [0.2, 0.25) is 0 Å². The Morgan fingerprint density at radius 3 is 1.95 bits per heavy atom. The molecule has 3 heteroatoms. The van der Waals surface area contributed by atoms with Crippen molar-refractivity contribution in [1.82, 2.24) is 0 Å². The van der Waals surface area contributed by atoms with Gasteiger partial charge in [-0.25, -0.2) is 0 Å². The first-order chi connectivity index (χ1) is 9.01. The van der Waals surface area contributed by atoms with Crippen molar-refractivity contribution in [3.8, 4) is 5.75 Å². The molecule has 2 nitrogen and oxygen atoms in total. The molecule has 1 aliphatic rings. The number of phenolic OH excluding ortho intramolecular Hbond substituents is 1. The zero-order valence-corrected chi connectivity index (χ0v) is 15.0. The summed E-state index contributed by atoms with van der Waals surface area (Å²) in [6.45, 7) is 13.0. The summed E-state index contributed by atoms with van der Waals surface area (Å²) in [6.07, 6.45) is 2.37. The number of hydrogen-bond donors (Lipinski definition) is 2. The first kappa shape index (κ1) is 18.3. The van der Waals surface area contributed by atoms with Crippen LogP contribution in [-0.4, -0.2) is 5.11 Å². The standard InChI is InChI=1S/C18H29NO.ClH/c1-17(2,3)12-9-13(15(19)11-7-8-11)16(20)14(10-12)18(4,5)6;/h9-11,15,20H,7-8,19H2,1-6H3;1H/t15-;/m1./s1. The van der Waals surface area contributed by atoms with Gasteiger partial charge in [0.15, 0.2) is 0 Å². The summed E-state index contributed by atoms with van der Waals surface area (Å²) in [4.78, 5) is 0. The van der Waals surface area contributed by atoms with E-state index in [2.05, 4.69) is 53.7 Å². The largest absolute Gasteiger partial charge is 0.507 e. The van der Waals surface area contributed by atoms with Crippen LogP contribution in [0.4, 0.5) is 0 Å². The van der Waals surface area contributed by atoms with Crippen LogP contribution in [0, 0.1) is 5.92 Å². The number of phenols is 1. The molecule has 2 rings (SSSR count). The minimum atomic E-state index is -0.0800. The summed E-state index contributed by atoms with van der Waals surface area (Å²) in [7, 11) is 0. The van der Waals surface area contributed by atoms with Gasteiger partial charge in [-0.15, -0.1) is 12.4 Å². The molecule has 1 aromatic carbocycles. The smallest absolute Gasteiger partial charge is 0.124 e. The Balaban J connectivity index is 0.00000220. The number of aromatic hydroxyl groups is 1. The zero-order chi connectivity index (χ0) is 15.3. The van der Waals surface area contributed by atoms with Gasteiger partial charge in [-0.2, -0.15) is 0 Å². The third kappa shape index (κ3) is 3.92. The highest BCUT2D eigenvalue weighted by Crippen LogP contribution is 2.46. The molecular weight excluding hydrogens is 282 g/mol. The molecular formula is C18H30ClNO. The lowest BCUT2D eigenvalue weighted by Gasteiger charge is -2.29. The average Bonchev–Trinajstić information content (AvgIpc) is 3.08. The van der Waals surface area contributed by atoms with Crippen molar-refractivity contribution in [3.63, 3.8) is 0 Å². The lowest BCUT2D eigenvalue weighted by atomic mass is 9.78. The van der Waals surface area contributed by atoms with Gasteiger partial charge in [0, 0.05) is 11.6 Å². The molecule has 3 N–H and O–H groups in total. The minimum absolute atomic E-state index is 0. The Morgan fingerprint density at radius 1 is 1.05 bits per heavy atom. The van der Waals surface area contributed by atoms with E-state index in [-0.39, 0.29) is 29.3 Å². The lowest BCUT2D eigenvalue weighted by Crippen LogP contribution is -2.20. The fourth-order valence-corrected chi connectivity index (χ4v) is 2.63. The number of hydrogen-bond acceptors (Lipinski definition) is 2. The van der Waals surface area contributed by atoms with E-state index >= 15 is 0 Å². The van der Waals surface area contributed by atoms with Crippen LogP contribution in [0.25, 0.3) is 0 Å². The molecule has 0 unspecified atom stereocenters. The van der Waals surface area contributed by atoms with Gasteiger partial charge in [-0.1, -0.05) is 47.6 Å². The topological polar surface area (TPSA) is 46.2 Å². The molecule has 120 valence electrons. The predicted molar refractivity (Wildman–Crippen MR) is 92.4 cm³/mol. The quantitative estimate of drug-likeness (QED) is 0.822. The van der Waals surface area contributed by atoms with E-state index in [9.17, 15) is 5.11 Å². The highest BCUT2D eigenvalue weighted by molar-refractivity contribution is 5.85. The molecule has 0 amide bonds. The molecule has 0 bridgehead atoms. The Morgan fingerprint density at radius 2 is 1.57 bits per heavy atom. The second-order valence-electron chi connectivity index (χ2n) is 8.32. The van der Waals surface area contributed by atoms with Gasteiger partial charge in [-0.05, 0) is 46.8 Å². The molecule has 1 saturated carbocycles. The Hall–Kier alpha value is -0.730. The van der Waals surface area contributed by atoms with Crippen LogP contribution in [0.5, 0.6) is 5.75 Å². The van der Waals surface area contributed by atoms with Crippen LogP contribution in [-0.2, 0) is 10.8 Å². The predicted octanol–water partition coefficient (Wildman–Crippen LogP) is 4.82. The Kier molecular flexibility index (Phi) is 5.07. The molecule has 1 fully saturated rings. The van der Waals surface area contributed by atoms with Gasteiger partial charge < -0.3 is 10.8 Å². The van der Waals surface area contributed by atoms with Gasteiger partial charge in [0.2, 0.25) is 0 Å². The van der Waals surface area contributed by atoms with Crippen molar-refractivity contribution in [2.45, 2.75) is 71.3 Å². The highest BCUT2D eigenvalue weighted by atomic mass is 35.5. The fourth-order valence-electron chi connectivity index (χ4n) is 2.63. The minimum Gasteiger partial charge on any atom is -0.507 e. The molecule has 0 radical (unpaired) electrons. The van der Waals surface area contributed by atoms with Crippen LogP contribution in [0.1, 0.15) is 77.1 Å². The second kappa shape index (κ2) is 5.81. The van der Waals surface area contributed by atoms with E-state index < -0.39 is 0 Å². The lowest BCUT2D eigenvalue weighted by molar-refractivity contribution is 0.428. The van der Waals surface area contributed by atoms with Crippen molar-refractivity contribution in [3.05, 3.63) is 28.8 Å². The van der Waals surface area contributed by atoms with E-state index in [4.69, 9.17) is 5.73 Å². The van der Waals surface area contributed by atoms with Gasteiger partial charge in [-0.3, -0.25) is 0 Å². The summed E-state index contributed by atoms with van der Waals surface area (Å²) in [5.41, 5.74) is 9.55. The van der Waals surface area contributed by atoms with Crippen molar-refractivity contribution in [1.29, 1.82) is 0 Å². The van der Waals surface area contributed by atoms with Gasteiger partial charge >= 0.3 is 0 Å². The molecule has 21 heavy (non-hydrogen) atoms. The number of benzene rings is 1. The molecule has 0 saturated heterocycles. The monoisotopic (exact) mass is 311 g/mol. The molecule has 1 aromatic rings. The third-order valence-electron chi connectivity index (χ3n) is 4.30. The van der Waals surface area contributed by atoms with E-state index in [1.54, 1.807) is 0 Å². The third-order valence-corrected chi connectivity index (χ3v) is 4.30. The number of halogens is 1. The molecule has 0 aliphatic heterocycles. The van der Waals surface area contributed by atoms with E-state index in [1.807, 2.05) is 0 Å². The van der Waals surface area contributed by atoms with E-state index in [0.29, 0.717) is 11.7 Å². The van der Waals surface area contributed by atoms with Gasteiger partial charge in [0.25, 0.3) is 0 Å². The summed E-state index contributed by atoms with van der Waals surface area (Å²) in [5.74, 6) is 0.953. The van der Waals surface area contributed by atoms with Crippen LogP contribution < -0.4 is 5.73 Å². The van der Waals surface area contributed by atoms with E-state index in [1.165, 1.54) is 18.4 Å². The van der Waals surface area contributed by atoms with Crippen molar-refractivity contribution in [2.75, 3.05) is 0 Å². The Labute approximate surface area is 135 Å². The average molecular weight is 312 g/mol. The highest BCUT2D eigenvalue weighted by Gasteiger charge is 2.34. The summed E-state index contributed by atoms with van der Waals surface area (Å²) in [6, 6.07) is 4.24. The van der Waals surface area contributed by atoms with Crippen molar-refractivity contribution >= 4 is 12.4 Å². The Bertz CT molecular complexity index is 507. The maximum absolute atomic E-state index is 10.7. The normalized spacial score (nSPS) is 17.3. The van der Waals surface area contributed by atoms with Crippen molar-refractivity contribution in [2.24, 2.45) is 11.7 Å². The summed E-state index contributed by atoms with van der Waals surface area (Å²) >= 11 is 0. The van der Waals surface area contributed by atoms with Crippen LogP contribution in [0.15, 0.2) is 12.1 Å². The first-order valence-corrected chi connectivity index (χ1v) is 7.65. The second-order valence-corrected chi connectivity index (χ2v) is 8.32. The SMILES string of the molecule is CC(C)(C)c1cc([C@H](N)C2CC2)c(O)c(C(C)(C)C)c1.Cl. The van der Waals surface area contributed by atoms with Crippen LogP contribution >= 0.6 is 12.4 Å². The van der Waals surface area contributed by atoms with Gasteiger partial charge in [0.05, 0.1) is 0 Å². The van der Waals surface area contributed by atoms with E-state index in [0.717, 1.165) is 11.1 Å². The first-order valence-electron chi connectivity index (χ1n) is 7.65. The van der Waals surface area contributed by atoms with Crippen molar-refractivity contribution < 1.29 is 5.11 Å². The molecule has 1 aliphatic carbocycles. The maximum Gasteiger partial charge on any atom is 0.124 e. The zero-order valence-electron chi connectivity index (χ0n) is 14.2. The maximum atomic E-state index is 10.7. The summed E-state index contributed by atoms with van der Waals surface area (Å²) < 4.78 is 0. The van der Waals surface area contributed by atoms with Gasteiger partial charge in [0.1, 0.15) is 5.75 Å². The number of nitrogens with two attached hydrogens (primary N) is 1. The number of rotatable bonds is 2.